The van der Waals surface area contributed by atoms with Gasteiger partial charge in [-0.1, -0.05) is 18.2 Å². The Kier molecular flexibility index (Phi) is 4.37. The summed E-state index contributed by atoms with van der Waals surface area (Å²) in [7, 11) is 0. The summed E-state index contributed by atoms with van der Waals surface area (Å²) in [5, 5.41) is 8.66. The van der Waals surface area contributed by atoms with E-state index in [1.807, 2.05) is 37.3 Å². The number of aryl methyl sites for hydroxylation is 1. The van der Waals surface area contributed by atoms with Crippen molar-refractivity contribution < 1.29 is 9.18 Å². The molecule has 0 aliphatic carbocycles. The van der Waals surface area contributed by atoms with Gasteiger partial charge in [0.05, 0.1) is 11.4 Å². The van der Waals surface area contributed by atoms with Crippen molar-refractivity contribution >= 4 is 11.6 Å². The summed E-state index contributed by atoms with van der Waals surface area (Å²) in [4.78, 5) is 15.8. The smallest absolute Gasteiger partial charge is 0.280 e. The fourth-order valence-electron chi connectivity index (χ4n) is 2.45. The van der Waals surface area contributed by atoms with Gasteiger partial charge in [0, 0.05) is 12.2 Å². The van der Waals surface area contributed by atoms with Gasteiger partial charge >= 0.3 is 0 Å². The Balaban J connectivity index is 1.94. The number of anilines is 1. The monoisotopic (exact) mass is 324 g/mol. The molecule has 2 aromatic carbocycles. The third-order valence-electron chi connectivity index (χ3n) is 3.67. The molecular weight excluding hydrogens is 307 g/mol. The van der Waals surface area contributed by atoms with E-state index in [2.05, 4.69) is 10.2 Å². The number of amides is 1. The summed E-state index contributed by atoms with van der Waals surface area (Å²) in [6.07, 6.45) is 0. The van der Waals surface area contributed by atoms with E-state index in [1.165, 1.54) is 16.9 Å². The zero-order valence-electron chi connectivity index (χ0n) is 13.5. The fraction of sp³-hybridized carbons (Fsp3) is 0.167. The molecule has 0 atom stereocenters. The number of hydrogen-bond donors (Lipinski definition) is 0. The molecule has 1 amide bonds. The Labute approximate surface area is 139 Å². The first-order valence-corrected chi connectivity index (χ1v) is 7.67. The van der Waals surface area contributed by atoms with E-state index in [0.29, 0.717) is 17.9 Å². The van der Waals surface area contributed by atoms with E-state index in [4.69, 9.17) is 0 Å². The van der Waals surface area contributed by atoms with Crippen molar-refractivity contribution in [2.75, 3.05) is 11.4 Å². The average Bonchev–Trinajstić information content (AvgIpc) is 3.00. The molecule has 3 rings (SSSR count). The van der Waals surface area contributed by atoms with Crippen LogP contribution in [0.1, 0.15) is 23.1 Å². The van der Waals surface area contributed by atoms with Gasteiger partial charge < -0.3 is 4.90 Å². The van der Waals surface area contributed by atoms with Crippen molar-refractivity contribution in [3.63, 3.8) is 0 Å². The number of benzene rings is 2. The minimum absolute atomic E-state index is 0.260. The van der Waals surface area contributed by atoms with Crippen molar-refractivity contribution in [3.8, 4) is 5.69 Å². The number of carbonyl (C=O) groups is 1. The Morgan fingerprint density at radius 3 is 2.38 bits per heavy atom. The topological polar surface area (TPSA) is 51.0 Å². The van der Waals surface area contributed by atoms with E-state index in [-0.39, 0.29) is 17.4 Å². The van der Waals surface area contributed by atoms with Crippen LogP contribution in [0.25, 0.3) is 5.69 Å². The lowest BCUT2D eigenvalue weighted by molar-refractivity contribution is 0.0982. The molecule has 0 aliphatic rings. The maximum Gasteiger partial charge on any atom is 0.280 e. The Morgan fingerprint density at radius 2 is 1.75 bits per heavy atom. The molecule has 24 heavy (non-hydrogen) atoms. The fourth-order valence-corrected chi connectivity index (χ4v) is 2.45. The molecule has 0 unspecified atom stereocenters. The predicted octanol–water partition coefficient (Wildman–Crippen LogP) is 3.38. The van der Waals surface area contributed by atoms with Crippen LogP contribution in [0.15, 0.2) is 54.6 Å². The van der Waals surface area contributed by atoms with Crippen LogP contribution in [-0.2, 0) is 0 Å². The molecule has 1 aromatic heterocycles. The molecule has 0 saturated heterocycles. The summed E-state index contributed by atoms with van der Waals surface area (Å²) >= 11 is 0. The highest BCUT2D eigenvalue weighted by Gasteiger charge is 2.22. The Bertz CT molecular complexity index is 843. The molecule has 0 spiro atoms. The minimum atomic E-state index is -0.339. The lowest BCUT2D eigenvalue weighted by Crippen LogP contribution is -2.31. The highest BCUT2D eigenvalue weighted by atomic mass is 19.1. The second-order valence-corrected chi connectivity index (χ2v) is 5.28. The minimum Gasteiger partial charge on any atom is -0.307 e. The van der Waals surface area contributed by atoms with Crippen LogP contribution in [-0.4, -0.2) is 27.4 Å². The summed E-state index contributed by atoms with van der Waals surface area (Å²) in [5.41, 5.74) is 2.23. The van der Waals surface area contributed by atoms with E-state index in [9.17, 15) is 9.18 Å². The molecule has 0 radical (unpaired) electrons. The van der Waals surface area contributed by atoms with Gasteiger partial charge in [0.25, 0.3) is 5.91 Å². The van der Waals surface area contributed by atoms with E-state index >= 15 is 0 Å². The van der Waals surface area contributed by atoms with Gasteiger partial charge in [0.1, 0.15) is 5.82 Å². The second-order valence-electron chi connectivity index (χ2n) is 5.28. The molecule has 5 nitrogen and oxygen atoms in total. The Morgan fingerprint density at radius 1 is 1.08 bits per heavy atom. The third kappa shape index (κ3) is 3.03. The standard InChI is InChI=1S/C18H17FN4O/c1-3-22(15-11-9-14(19)10-12-15)18(24)17-13(2)20-23(21-17)16-7-5-4-6-8-16/h4-12H,3H2,1-2H3. The quantitative estimate of drug-likeness (QED) is 0.739. The van der Waals surface area contributed by atoms with Crippen molar-refractivity contribution in [1.82, 2.24) is 15.0 Å². The van der Waals surface area contributed by atoms with Gasteiger partial charge in [-0.3, -0.25) is 4.79 Å². The van der Waals surface area contributed by atoms with Crippen LogP contribution < -0.4 is 4.90 Å². The number of aromatic nitrogens is 3. The molecule has 0 saturated carbocycles. The maximum absolute atomic E-state index is 13.1. The van der Waals surface area contributed by atoms with E-state index in [0.717, 1.165) is 5.69 Å². The summed E-state index contributed by atoms with van der Waals surface area (Å²) in [6.45, 7) is 4.05. The van der Waals surface area contributed by atoms with Gasteiger partial charge in [-0.2, -0.15) is 9.90 Å². The van der Waals surface area contributed by atoms with E-state index in [1.54, 1.807) is 24.0 Å². The van der Waals surface area contributed by atoms with Gasteiger partial charge in [0.15, 0.2) is 5.69 Å². The van der Waals surface area contributed by atoms with Crippen LogP contribution >= 0.6 is 0 Å². The van der Waals surface area contributed by atoms with E-state index < -0.39 is 0 Å². The van der Waals surface area contributed by atoms with Gasteiger partial charge in [0.2, 0.25) is 0 Å². The molecule has 1 heterocycles. The number of rotatable bonds is 4. The molecule has 122 valence electrons. The first kappa shape index (κ1) is 15.9. The lowest BCUT2D eigenvalue weighted by atomic mass is 10.2. The highest BCUT2D eigenvalue weighted by Crippen LogP contribution is 2.18. The highest BCUT2D eigenvalue weighted by molar-refractivity contribution is 6.05. The molecule has 0 aliphatic heterocycles. The Hall–Kier alpha value is -3.02. The van der Waals surface area contributed by atoms with Crippen molar-refractivity contribution in [2.24, 2.45) is 0 Å². The predicted molar refractivity (Wildman–Crippen MR) is 89.8 cm³/mol. The van der Waals surface area contributed by atoms with Crippen molar-refractivity contribution in [2.45, 2.75) is 13.8 Å². The zero-order valence-corrected chi connectivity index (χ0v) is 13.5. The van der Waals surface area contributed by atoms with Gasteiger partial charge in [-0.15, -0.1) is 5.10 Å². The van der Waals surface area contributed by atoms with Crippen LogP contribution in [0, 0.1) is 12.7 Å². The van der Waals surface area contributed by atoms with Crippen LogP contribution in [0.5, 0.6) is 0 Å². The SMILES string of the molecule is CCN(C(=O)c1nn(-c2ccccc2)nc1C)c1ccc(F)cc1. The van der Waals surface area contributed by atoms with Crippen LogP contribution in [0.2, 0.25) is 0 Å². The number of para-hydroxylation sites is 1. The molecule has 0 fully saturated rings. The third-order valence-corrected chi connectivity index (χ3v) is 3.67. The summed E-state index contributed by atoms with van der Waals surface area (Å²) < 4.78 is 13.1. The van der Waals surface area contributed by atoms with Crippen molar-refractivity contribution in [1.29, 1.82) is 0 Å². The number of carbonyl (C=O) groups excluding carboxylic acids is 1. The lowest BCUT2D eigenvalue weighted by Gasteiger charge is -2.20. The molecule has 3 aromatic rings. The number of hydrogen-bond acceptors (Lipinski definition) is 3. The number of halogens is 1. The van der Waals surface area contributed by atoms with Crippen LogP contribution in [0.4, 0.5) is 10.1 Å². The summed E-state index contributed by atoms with van der Waals surface area (Å²) in [5.74, 6) is -0.600. The van der Waals surface area contributed by atoms with Crippen molar-refractivity contribution in [3.05, 3.63) is 71.8 Å². The largest absolute Gasteiger partial charge is 0.307 e. The maximum atomic E-state index is 13.1. The molecule has 0 bridgehead atoms. The average molecular weight is 324 g/mol. The van der Waals surface area contributed by atoms with Gasteiger partial charge in [-0.25, -0.2) is 4.39 Å². The number of nitrogens with zero attached hydrogens (tertiary/aromatic N) is 4. The first-order valence-electron chi connectivity index (χ1n) is 7.67. The van der Waals surface area contributed by atoms with Gasteiger partial charge in [-0.05, 0) is 50.2 Å². The first-order chi connectivity index (χ1) is 11.6. The van der Waals surface area contributed by atoms with Crippen LogP contribution in [0.3, 0.4) is 0 Å². The second kappa shape index (κ2) is 6.62. The molecule has 6 heteroatoms. The molecular formula is C18H17FN4O. The molecule has 0 N–H and O–H groups in total. The normalized spacial score (nSPS) is 10.6. The summed E-state index contributed by atoms with van der Waals surface area (Å²) in [6, 6.07) is 15.2. The zero-order chi connectivity index (χ0) is 17.1.